The zero-order chi connectivity index (χ0) is 22.0. The van der Waals surface area contributed by atoms with Gasteiger partial charge in [0, 0.05) is 12.2 Å². The maximum absolute atomic E-state index is 13.3. The van der Waals surface area contributed by atoms with Gasteiger partial charge >= 0.3 is 0 Å². The Balaban J connectivity index is 1.64. The van der Waals surface area contributed by atoms with Crippen molar-refractivity contribution in [3.8, 4) is 11.4 Å². The molecule has 0 aliphatic carbocycles. The number of benzene rings is 2. The van der Waals surface area contributed by atoms with Gasteiger partial charge in [-0.25, -0.2) is 4.98 Å². The van der Waals surface area contributed by atoms with E-state index in [-0.39, 0.29) is 17.2 Å². The highest BCUT2D eigenvalue weighted by atomic mass is 32.2. The van der Waals surface area contributed by atoms with Gasteiger partial charge in [-0.2, -0.15) is 0 Å². The predicted octanol–water partition coefficient (Wildman–Crippen LogP) is 4.24. The van der Waals surface area contributed by atoms with E-state index in [4.69, 9.17) is 9.72 Å². The molecule has 0 atom stereocenters. The van der Waals surface area contributed by atoms with Gasteiger partial charge in [0.25, 0.3) is 5.56 Å². The molecule has 1 aromatic heterocycles. The largest absolute Gasteiger partial charge is 0.495 e. The molecular formula is C23H23N3O3S2. The van der Waals surface area contributed by atoms with Crippen LogP contribution in [-0.4, -0.2) is 34.1 Å². The number of nitrogens with one attached hydrogen (secondary N) is 1. The normalized spacial score (nSPS) is 12.5. The van der Waals surface area contributed by atoms with Crippen LogP contribution in [0, 0.1) is 13.8 Å². The number of para-hydroxylation sites is 2. The molecule has 1 aliphatic heterocycles. The van der Waals surface area contributed by atoms with Gasteiger partial charge in [-0.15, -0.1) is 11.8 Å². The van der Waals surface area contributed by atoms with Crippen LogP contribution in [0.25, 0.3) is 5.69 Å². The minimum Gasteiger partial charge on any atom is -0.495 e. The van der Waals surface area contributed by atoms with Crippen molar-refractivity contribution in [3.05, 3.63) is 69.6 Å². The summed E-state index contributed by atoms with van der Waals surface area (Å²) in [6, 6.07) is 13.3. The first-order valence-electron chi connectivity index (χ1n) is 9.89. The summed E-state index contributed by atoms with van der Waals surface area (Å²) in [5.74, 6) is 1.39. The third kappa shape index (κ3) is 4.65. The second kappa shape index (κ2) is 9.20. The molecule has 0 unspecified atom stereocenters. The van der Waals surface area contributed by atoms with Gasteiger partial charge in [0.2, 0.25) is 5.91 Å². The third-order valence-corrected chi connectivity index (χ3v) is 6.89. The second-order valence-corrected chi connectivity index (χ2v) is 9.34. The summed E-state index contributed by atoms with van der Waals surface area (Å²) in [6.45, 7) is 4.01. The van der Waals surface area contributed by atoms with Gasteiger partial charge in [0.05, 0.1) is 34.8 Å². The van der Waals surface area contributed by atoms with E-state index >= 15 is 0 Å². The van der Waals surface area contributed by atoms with Gasteiger partial charge in [-0.1, -0.05) is 30.0 Å². The Bertz CT molecular complexity index is 1190. The maximum Gasteiger partial charge on any atom is 0.272 e. The molecule has 2 aromatic carbocycles. The first-order chi connectivity index (χ1) is 15.0. The van der Waals surface area contributed by atoms with Gasteiger partial charge in [-0.05, 0) is 49.2 Å². The van der Waals surface area contributed by atoms with Crippen molar-refractivity contribution >= 4 is 35.1 Å². The Labute approximate surface area is 189 Å². The molecule has 31 heavy (non-hydrogen) atoms. The molecule has 1 aliphatic rings. The molecule has 4 rings (SSSR count). The van der Waals surface area contributed by atoms with E-state index in [1.165, 1.54) is 11.8 Å². The number of hydrogen-bond acceptors (Lipinski definition) is 6. The predicted molar refractivity (Wildman–Crippen MR) is 126 cm³/mol. The lowest BCUT2D eigenvalue weighted by atomic mass is 10.1. The number of aromatic nitrogens is 2. The number of aryl methyl sites for hydroxylation is 3. The summed E-state index contributed by atoms with van der Waals surface area (Å²) in [5, 5.41) is 3.41. The second-order valence-electron chi connectivity index (χ2n) is 7.29. The fraction of sp³-hybridized carbons (Fsp3) is 0.261. The van der Waals surface area contributed by atoms with Crippen LogP contribution in [0.15, 0.2) is 57.3 Å². The molecule has 2 heterocycles. The number of methoxy groups -OCH3 is 1. The van der Waals surface area contributed by atoms with Crippen molar-refractivity contribution in [1.29, 1.82) is 0 Å². The fourth-order valence-electron chi connectivity index (χ4n) is 3.56. The summed E-state index contributed by atoms with van der Waals surface area (Å²) in [4.78, 5) is 31.4. The standard InChI is InChI=1S/C23H23N3O3S2/c1-14-10-15(2)12-16(11-14)26-22(28)21-18(8-9-30-21)25-23(26)31-13-20(27)24-17-6-4-5-7-19(17)29-3/h4-7,10-12H,8-9,13H2,1-3H3,(H,24,27). The number of anilines is 1. The lowest BCUT2D eigenvalue weighted by molar-refractivity contribution is -0.113. The molecular weight excluding hydrogens is 430 g/mol. The molecule has 1 amide bonds. The summed E-state index contributed by atoms with van der Waals surface area (Å²) in [5.41, 5.74) is 4.28. The van der Waals surface area contributed by atoms with E-state index in [2.05, 4.69) is 11.4 Å². The number of thioether (sulfide) groups is 2. The smallest absolute Gasteiger partial charge is 0.272 e. The average molecular weight is 454 g/mol. The minimum absolute atomic E-state index is 0.0647. The number of fused-ring (bicyclic) bond motifs is 1. The van der Waals surface area contributed by atoms with E-state index < -0.39 is 0 Å². The zero-order valence-electron chi connectivity index (χ0n) is 17.6. The Kier molecular flexibility index (Phi) is 6.38. The number of carbonyl (C=O) groups excluding carboxylic acids is 1. The van der Waals surface area contributed by atoms with Crippen molar-refractivity contribution in [2.45, 2.75) is 30.3 Å². The summed E-state index contributed by atoms with van der Waals surface area (Å²) in [7, 11) is 1.56. The maximum atomic E-state index is 13.3. The van der Waals surface area contributed by atoms with Crippen molar-refractivity contribution in [3.63, 3.8) is 0 Å². The molecule has 0 spiro atoms. The fourth-order valence-corrected chi connectivity index (χ4v) is 5.41. The Morgan fingerprint density at radius 3 is 2.71 bits per heavy atom. The number of carbonyl (C=O) groups is 1. The highest BCUT2D eigenvalue weighted by Gasteiger charge is 2.23. The first kappa shape index (κ1) is 21.5. The quantitative estimate of drug-likeness (QED) is 0.445. The van der Waals surface area contributed by atoms with Crippen LogP contribution in [0.3, 0.4) is 0 Å². The van der Waals surface area contributed by atoms with Crippen molar-refractivity contribution < 1.29 is 9.53 Å². The van der Waals surface area contributed by atoms with Crippen molar-refractivity contribution in [2.24, 2.45) is 0 Å². The molecule has 3 aromatic rings. The molecule has 0 saturated carbocycles. The number of nitrogens with zero attached hydrogens (tertiary/aromatic N) is 2. The molecule has 0 bridgehead atoms. The summed E-state index contributed by atoms with van der Waals surface area (Å²) >= 11 is 2.82. The lowest BCUT2D eigenvalue weighted by Crippen LogP contribution is -2.25. The van der Waals surface area contributed by atoms with Crippen molar-refractivity contribution in [1.82, 2.24) is 9.55 Å². The highest BCUT2D eigenvalue weighted by molar-refractivity contribution is 8.00. The topological polar surface area (TPSA) is 73.2 Å². The van der Waals surface area contributed by atoms with Crippen LogP contribution < -0.4 is 15.6 Å². The van der Waals surface area contributed by atoms with Crippen LogP contribution in [0.1, 0.15) is 16.8 Å². The Morgan fingerprint density at radius 2 is 1.97 bits per heavy atom. The summed E-state index contributed by atoms with van der Waals surface area (Å²) < 4.78 is 6.93. The summed E-state index contributed by atoms with van der Waals surface area (Å²) in [6.07, 6.45) is 0.768. The van der Waals surface area contributed by atoms with Crippen molar-refractivity contribution in [2.75, 3.05) is 23.9 Å². The Morgan fingerprint density at radius 1 is 1.23 bits per heavy atom. The minimum atomic E-state index is -0.189. The first-order valence-corrected chi connectivity index (χ1v) is 11.9. The highest BCUT2D eigenvalue weighted by Crippen LogP contribution is 2.30. The van der Waals surface area contributed by atoms with Crippen LogP contribution in [-0.2, 0) is 11.2 Å². The van der Waals surface area contributed by atoms with Gasteiger partial charge in [0.15, 0.2) is 5.16 Å². The number of hydrogen-bond donors (Lipinski definition) is 1. The van der Waals surface area contributed by atoms with E-state index in [0.29, 0.717) is 21.5 Å². The van der Waals surface area contributed by atoms with E-state index in [1.807, 2.05) is 38.1 Å². The van der Waals surface area contributed by atoms with Crippen LogP contribution in [0.2, 0.25) is 0 Å². The lowest BCUT2D eigenvalue weighted by Gasteiger charge is -2.15. The molecule has 160 valence electrons. The monoisotopic (exact) mass is 453 g/mol. The van der Waals surface area contributed by atoms with Gasteiger partial charge < -0.3 is 10.1 Å². The molecule has 0 saturated heterocycles. The van der Waals surface area contributed by atoms with E-state index in [9.17, 15) is 9.59 Å². The van der Waals surface area contributed by atoms with E-state index in [0.717, 1.165) is 34.7 Å². The molecule has 0 radical (unpaired) electrons. The molecule has 8 heteroatoms. The van der Waals surface area contributed by atoms with Gasteiger partial charge in [-0.3, -0.25) is 14.2 Å². The third-order valence-electron chi connectivity index (χ3n) is 4.84. The molecule has 0 fully saturated rings. The van der Waals surface area contributed by atoms with Crippen LogP contribution >= 0.6 is 23.5 Å². The number of amides is 1. The van der Waals surface area contributed by atoms with E-state index in [1.54, 1.807) is 35.6 Å². The average Bonchev–Trinajstić information content (AvgIpc) is 3.21. The zero-order valence-corrected chi connectivity index (χ0v) is 19.2. The SMILES string of the molecule is COc1ccccc1NC(=O)CSc1nc2c(c(=O)n1-c1cc(C)cc(C)c1)SCC2. The van der Waals surface area contributed by atoms with Gasteiger partial charge in [0.1, 0.15) is 5.75 Å². The number of ether oxygens (including phenoxy) is 1. The molecule has 6 nitrogen and oxygen atoms in total. The van der Waals surface area contributed by atoms with Crippen LogP contribution in [0.5, 0.6) is 5.75 Å². The molecule has 1 N–H and O–H groups in total. The van der Waals surface area contributed by atoms with Crippen LogP contribution in [0.4, 0.5) is 5.69 Å². The number of rotatable bonds is 6. The Hall–Kier alpha value is -2.71.